The Morgan fingerprint density at radius 1 is 0.914 bits per heavy atom. The second-order valence-corrected chi connectivity index (χ2v) is 8.41. The van der Waals surface area contributed by atoms with Crippen LogP contribution in [0.15, 0.2) is 67.0 Å². The minimum absolute atomic E-state index is 0.271. The van der Waals surface area contributed by atoms with Crippen LogP contribution >= 0.6 is 0 Å². The Hall–Kier alpha value is -3.65. The number of piperazine rings is 1. The van der Waals surface area contributed by atoms with Crippen molar-refractivity contribution in [2.45, 2.75) is 33.7 Å². The van der Waals surface area contributed by atoms with E-state index >= 15 is 0 Å². The SMILES string of the molecule is CC.CC(C)N1CCN(c2ccc(Nc3cc(N(C)C(=O)Nc4ccccc4)ncn3)cc2)CC1. The highest BCUT2D eigenvalue weighted by atomic mass is 16.2. The zero-order valence-corrected chi connectivity index (χ0v) is 21.4. The number of para-hydroxylation sites is 1. The first-order valence-electron chi connectivity index (χ1n) is 12.3. The van der Waals surface area contributed by atoms with Crippen LogP contribution in [0.3, 0.4) is 0 Å². The monoisotopic (exact) mass is 475 g/mol. The lowest BCUT2D eigenvalue weighted by Gasteiger charge is -2.38. The van der Waals surface area contributed by atoms with Crippen molar-refractivity contribution in [3.63, 3.8) is 0 Å². The van der Waals surface area contributed by atoms with E-state index in [-0.39, 0.29) is 6.03 Å². The maximum atomic E-state index is 12.6. The summed E-state index contributed by atoms with van der Waals surface area (Å²) in [5.74, 6) is 1.12. The highest BCUT2D eigenvalue weighted by Crippen LogP contribution is 2.23. The standard InChI is InChI=1S/C25H31N7O.C2H6/c1-19(2)31-13-15-32(16-14-31)22-11-9-21(10-12-22)28-23-17-24(27-18-26-23)30(3)25(33)29-20-7-5-4-6-8-20;1-2/h4-12,17-19H,13-16H2,1-3H3,(H,29,33)(H,26,27,28);1-2H3. The molecule has 1 saturated heterocycles. The van der Waals surface area contributed by atoms with E-state index < -0.39 is 0 Å². The van der Waals surface area contributed by atoms with Gasteiger partial charge in [0, 0.05) is 62.4 Å². The van der Waals surface area contributed by atoms with Crippen LogP contribution in [0, 0.1) is 0 Å². The summed E-state index contributed by atoms with van der Waals surface area (Å²) in [5, 5.41) is 6.16. The molecule has 0 spiro atoms. The Morgan fingerprint density at radius 3 is 2.20 bits per heavy atom. The fourth-order valence-corrected chi connectivity index (χ4v) is 3.83. The van der Waals surface area contributed by atoms with Gasteiger partial charge < -0.3 is 15.5 Å². The minimum atomic E-state index is -0.271. The Balaban J connectivity index is 0.00000167. The second kappa shape index (κ2) is 12.7. The van der Waals surface area contributed by atoms with E-state index in [9.17, 15) is 4.79 Å². The second-order valence-electron chi connectivity index (χ2n) is 8.41. The van der Waals surface area contributed by atoms with Crippen molar-refractivity contribution in [3.05, 3.63) is 67.0 Å². The number of nitrogens with one attached hydrogen (secondary N) is 2. The third kappa shape index (κ3) is 7.16. The van der Waals surface area contributed by atoms with Crippen LogP contribution in [0.4, 0.5) is 33.5 Å². The van der Waals surface area contributed by atoms with Gasteiger partial charge in [-0.3, -0.25) is 9.80 Å². The van der Waals surface area contributed by atoms with Crippen LogP contribution < -0.4 is 20.4 Å². The molecule has 8 nitrogen and oxygen atoms in total. The fourth-order valence-electron chi connectivity index (χ4n) is 3.83. The van der Waals surface area contributed by atoms with Gasteiger partial charge in [0.15, 0.2) is 0 Å². The van der Waals surface area contributed by atoms with Gasteiger partial charge in [-0.05, 0) is 50.2 Å². The molecule has 4 rings (SSSR count). The van der Waals surface area contributed by atoms with E-state index in [1.165, 1.54) is 16.9 Å². The lowest BCUT2D eigenvalue weighted by molar-refractivity contribution is 0.209. The molecule has 1 fully saturated rings. The molecule has 186 valence electrons. The summed E-state index contributed by atoms with van der Waals surface area (Å²) in [6.07, 6.45) is 1.45. The van der Waals surface area contributed by atoms with Gasteiger partial charge in [-0.2, -0.15) is 0 Å². The van der Waals surface area contributed by atoms with Crippen LogP contribution in [-0.4, -0.2) is 60.2 Å². The first-order valence-corrected chi connectivity index (χ1v) is 12.3. The van der Waals surface area contributed by atoms with Gasteiger partial charge in [-0.25, -0.2) is 14.8 Å². The largest absolute Gasteiger partial charge is 0.369 e. The molecule has 0 atom stereocenters. The molecule has 1 aliphatic rings. The average molecular weight is 476 g/mol. The van der Waals surface area contributed by atoms with E-state index in [1.807, 2.05) is 44.2 Å². The Morgan fingerprint density at radius 2 is 1.57 bits per heavy atom. The molecule has 0 bridgehead atoms. The molecule has 3 aromatic rings. The first-order chi connectivity index (χ1) is 17.0. The summed E-state index contributed by atoms with van der Waals surface area (Å²) >= 11 is 0. The van der Waals surface area contributed by atoms with Crippen molar-refractivity contribution in [2.24, 2.45) is 0 Å². The fraction of sp³-hybridized carbons (Fsp3) is 0.370. The van der Waals surface area contributed by atoms with Gasteiger partial charge >= 0.3 is 6.03 Å². The molecule has 8 heteroatoms. The molecule has 1 aliphatic heterocycles. The summed E-state index contributed by atoms with van der Waals surface area (Å²) < 4.78 is 0. The lowest BCUT2D eigenvalue weighted by Crippen LogP contribution is -2.48. The van der Waals surface area contributed by atoms with Gasteiger partial charge in [0.2, 0.25) is 0 Å². The van der Waals surface area contributed by atoms with Gasteiger partial charge in [0.1, 0.15) is 18.0 Å². The smallest absolute Gasteiger partial charge is 0.327 e. The highest BCUT2D eigenvalue weighted by Gasteiger charge is 2.19. The van der Waals surface area contributed by atoms with Crippen molar-refractivity contribution in [1.82, 2.24) is 14.9 Å². The van der Waals surface area contributed by atoms with Crippen LogP contribution in [0.2, 0.25) is 0 Å². The number of hydrogen-bond acceptors (Lipinski definition) is 6. The van der Waals surface area contributed by atoms with Gasteiger partial charge in [0.05, 0.1) is 0 Å². The molecule has 0 saturated carbocycles. The third-order valence-corrected chi connectivity index (χ3v) is 5.88. The summed E-state index contributed by atoms with van der Waals surface area (Å²) in [6.45, 7) is 12.8. The van der Waals surface area contributed by atoms with Crippen molar-refractivity contribution in [2.75, 3.05) is 53.7 Å². The van der Waals surface area contributed by atoms with E-state index in [4.69, 9.17) is 0 Å². The number of carbonyl (C=O) groups excluding carboxylic acids is 1. The van der Waals surface area contributed by atoms with Crippen molar-refractivity contribution in [1.29, 1.82) is 0 Å². The number of aromatic nitrogens is 2. The molecule has 2 heterocycles. The summed E-state index contributed by atoms with van der Waals surface area (Å²) in [7, 11) is 1.68. The van der Waals surface area contributed by atoms with Crippen molar-refractivity contribution >= 4 is 34.7 Å². The third-order valence-electron chi connectivity index (χ3n) is 5.88. The molecule has 0 radical (unpaired) electrons. The predicted molar refractivity (Wildman–Crippen MR) is 146 cm³/mol. The molecule has 0 unspecified atom stereocenters. The van der Waals surface area contributed by atoms with E-state index in [0.29, 0.717) is 17.7 Å². The van der Waals surface area contributed by atoms with Crippen LogP contribution in [-0.2, 0) is 0 Å². The van der Waals surface area contributed by atoms with Crippen molar-refractivity contribution in [3.8, 4) is 0 Å². The summed E-state index contributed by atoms with van der Waals surface area (Å²) in [6, 6.07) is 19.8. The topological polar surface area (TPSA) is 76.6 Å². The molecule has 35 heavy (non-hydrogen) atoms. The number of urea groups is 1. The molecule has 2 aromatic carbocycles. The highest BCUT2D eigenvalue weighted by molar-refractivity contribution is 6.00. The van der Waals surface area contributed by atoms with Crippen molar-refractivity contribution < 1.29 is 4.79 Å². The predicted octanol–water partition coefficient (Wildman–Crippen LogP) is 5.45. The lowest BCUT2D eigenvalue weighted by atomic mass is 10.2. The summed E-state index contributed by atoms with van der Waals surface area (Å²) in [4.78, 5) is 27.5. The van der Waals surface area contributed by atoms with Crippen LogP contribution in [0.5, 0.6) is 0 Å². The van der Waals surface area contributed by atoms with Gasteiger partial charge in [-0.1, -0.05) is 32.0 Å². The normalized spacial score (nSPS) is 13.6. The number of nitrogens with zero attached hydrogens (tertiary/aromatic N) is 5. The number of carbonyl (C=O) groups is 1. The van der Waals surface area contributed by atoms with Crippen LogP contribution in [0.25, 0.3) is 0 Å². The zero-order chi connectivity index (χ0) is 25.2. The first kappa shape index (κ1) is 26.0. The minimum Gasteiger partial charge on any atom is -0.369 e. The molecular formula is C27H37N7O. The number of amides is 2. The molecular weight excluding hydrogens is 438 g/mol. The van der Waals surface area contributed by atoms with E-state index in [0.717, 1.165) is 37.6 Å². The quantitative estimate of drug-likeness (QED) is 0.494. The Kier molecular flexibility index (Phi) is 9.43. The maximum Gasteiger partial charge on any atom is 0.327 e. The molecule has 1 aromatic heterocycles. The average Bonchev–Trinajstić information content (AvgIpc) is 2.90. The maximum absolute atomic E-state index is 12.6. The van der Waals surface area contributed by atoms with E-state index in [1.54, 1.807) is 13.1 Å². The Bertz CT molecular complexity index is 1050. The van der Waals surface area contributed by atoms with Crippen LogP contribution in [0.1, 0.15) is 27.7 Å². The zero-order valence-electron chi connectivity index (χ0n) is 21.4. The number of rotatable bonds is 6. The number of anilines is 5. The number of benzene rings is 2. The summed E-state index contributed by atoms with van der Waals surface area (Å²) in [5.41, 5.74) is 2.89. The van der Waals surface area contributed by atoms with Gasteiger partial charge in [0.25, 0.3) is 0 Å². The van der Waals surface area contributed by atoms with E-state index in [2.05, 4.69) is 68.5 Å². The van der Waals surface area contributed by atoms with Gasteiger partial charge in [-0.15, -0.1) is 0 Å². The Labute approximate surface area is 209 Å². The molecule has 2 N–H and O–H groups in total. The number of hydrogen-bond donors (Lipinski definition) is 2. The molecule has 0 aliphatic carbocycles. The molecule has 2 amide bonds.